The largest absolute Gasteiger partial charge is 0.492 e. The zero-order chi connectivity index (χ0) is 22.0. The monoisotopic (exact) mass is 457 g/mol. The Morgan fingerprint density at radius 1 is 1.38 bits per heavy atom. The predicted octanol–water partition coefficient (Wildman–Crippen LogP) is 3.69. The Balaban J connectivity index is 0.00000289. The van der Waals surface area contributed by atoms with E-state index in [-0.39, 0.29) is 20.1 Å². The lowest BCUT2D eigenvalue weighted by Gasteiger charge is -2.39. The minimum atomic E-state index is 0. The number of hydrogen-bond donors (Lipinski definition) is 2. The van der Waals surface area contributed by atoms with Crippen molar-refractivity contribution in [2.75, 3.05) is 32.8 Å². The van der Waals surface area contributed by atoms with E-state index in [9.17, 15) is 0 Å². The van der Waals surface area contributed by atoms with Crippen LogP contribution in [0.4, 0.5) is 0 Å². The molecule has 0 bridgehead atoms. The lowest BCUT2D eigenvalue weighted by Crippen LogP contribution is -2.45. The van der Waals surface area contributed by atoms with Crippen LogP contribution in [0.15, 0.2) is 28.2 Å². The van der Waals surface area contributed by atoms with Gasteiger partial charge in [0, 0.05) is 55.1 Å². The molecule has 2 aliphatic rings. The highest BCUT2D eigenvalue weighted by Gasteiger charge is 2.29. The summed E-state index contributed by atoms with van der Waals surface area (Å²) in [6.07, 6.45) is 1.65. The minimum Gasteiger partial charge on any atom is -0.492 e. The molecular weight excluding hydrogens is 422 g/mol. The lowest BCUT2D eigenvalue weighted by atomic mass is 9.90. The fourth-order valence-electron chi connectivity index (χ4n) is 3.99. The second-order valence-corrected chi connectivity index (χ2v) is 9.56. The third kappa shape index (κ3) is 5.36. The van der Waals surface area contributed by atoms with Crippen LogP contribution in [0.25, 0.3) is 11.3 Å². The van der Waals surface area contributed by atoms with E-state index in [1.165, 1.54) is 10.4 Å². The van der Waals surface area contributed by atoms with E-state index < -0.39 is 0 Å². The van der Waals surface area contributed by atoms with Crippen molar-refractivity contribution < 1.29 is 9.84 Å². The van der Waals surface area contributed by atoms with E-state index in [4.69, 9.17) is 20.6 Å². The van der Waals surface area contributed by atoms with Crippen LogP contribution in [0.2, 0.25) is 0 Å². The third-order valence-corrected chi connectivity index (χ3v) is 6.57. The molecule has 3 heterocycles. The Labute approximate surface area is 195 Å². The van der Waals surface area contributed by atoms with Crippen molar-refractivity contribution in [1.82, 2.24) is 9.88 Å². The van der Waals surface area contributed by atoms with E-state index >= 15 is 0 Å². The number of likely N-dealkylation sites (tertiary alicyclic amines) is 1. The Morgan fingerprint density at radius 2 is 2.16 bits per heavy atom. The maximum Gasteiger partial charge on any atom is 0.186 e. The molecule has 0 saturated carbocycles. The van der Waals surface area contributed by atoms with Gasteiger partial charge in [0.1, 0.15) is 5.75 Å². The number of benzene rings is 1. The van der Waals surface area contributed by atoms with Crippen LogP contribution in [0, 0.1) is 0 Å². The molecule has 0 unspecified atom stereocenters. The average Bonchev–Trinajstić information content (AvgIpc) is 3.02. The zero-order valence-electron chi connectivity index (χ0n) is 18.5. The van der Waals surface area contributed by atoms with Crippen molar-refractivity contribution in [1.29, 1.82) is 0 Å². The van der Waals surface area contributed by atoms with Gasteiger partial charge in [-0.05, 0) is 44.9 Å². The van der Waals surface area contributed by atoms with Gasteiger partial charge in [-0.15, -0.1) is 11.3 Å². The fourth-order valence-corrected chi connectivity index (χ4v) is 4.99. The van der Waals surface area contributed by atoms with E-state index in [0.29, 0.717) is 24.2 Å². The molecule has 4 rings (SSSR count). The first-order chi connectivity index (χ1) is 14.9. The van der Waals surface area contributed by atoms with Gasteiger partial charge in [0.15, 0.2) is 10.8 Å². The van der Waals surface area contributed by atoms with Crippen LogP contribution in [-0.2, 0) is 6.42 Å². The fraction of sp³-hybridized carbons (Fsp3) is 0.542. The lowest BCUT2D eigenvalue weighted by molar-refractivity contribution is 0.134. The molecule has 0 atom stereocenters. The maximum atomic E-state index is 9.01. The van der Waals surface area contributed by atoms with Gasteiger partial charge < -0.3 is 20.5 Å². The van der Waals surface area contributed by atoms with Crippen molar-refractivity contribution in [2.45, 2.75) is 53.0 Å². The molecule has 1 aromatic carbocycles. The molecule has 0 aliphatic carbocycles. The number of nitrogens with zero attached hydrogens (tertiary/aromatic N) is 4. The number of hydrogen-bond acceptors (Lipinski definition) is 6. The molecule has 1 fully saturated rings. The quantitative estimate of drug-likeness (QED) is 0.509. The van der Waals surface area contributed by atoms with Gasteiger partial charge in [-0.2, -0.15) is 0 Å². The first-order valence-electron chi connectivity index (χ1n) is 10.9. The zero-order valence-corrected chi connectivity index (χ0v) is 19.3. The number of aliphatic hydroxyl groups excluding tert-OH is 1. The van der Waals surface area contributed by atoms with Gasteiger partial charge in [0.2, 0.25) is 0 Å². The molecule has 0 radical (unpaired) electrons. The molecule has 1 saturated heterocycles. The molecule has 8 heteroatoms. The van der Waals surface area contributed by atoms with Gasteiger partial charge in [-0.1, -0.05) is 13.5 Å². The number of amidine groups is 2. The number of aliphatic imine (C=N–C) groups is 2. The average molecular weight is 458 g/mol. The van der Waals surface area contributed by atoms with E-state index in [1.807, 2.05) is 13.8 Å². The molecule has 2 aromatic rings. The topological polar surface area (TPSA) is 96.3 Å². The van der Waals surface area contributed by atoms with E-state index in [2.05, 4.69) is 33.1 Å². The van der Waals surface area contributed by atoms with E-state index in [0.717, 1.165) is 54.5 Å². The summed E-state index contributed by atoms with van der Waals surface area (Å²) in [6, 6.07) is 6.64. The van der Waals surface area contributed by atoms with Crippen LogP contribution in [0.3, 0.4) is 0 Å². The van der Waals surface area contributed by atoms with Gasteiger partial charge in [0.05, 0.1) is 18.1 Å². The van der Waals surface area contributed by atoms with Crippen LogP contribution >= 0.6 is 11.3 Å². The minimum absolute atomic E-state index is 0. The van der Waals surface area contributed by atoms with Gasteiger partial charge in [-0.25, -0.2) is 9.98 Å². The first-order valence-corrected chi connectivity index (χ1v) is 11.7. The number of thiazole rings is 1. The molecule has 32 heavy (non-hydrogen) atoms. The SMILES string of the molecule is C.CC(N)=NC(=NC(C)C)c1nc2c(s1)CCOc1cc(C3CN(CCCO)C3)ccc1-2. The Morgan fingerprint density at radius 3 is 2.84 bits per heavy atom. The summed E-state index contributed by atoms with van der Waals surface area (Å²) >= 11 is 1.63. The molecule has 7 nitrogen and oxygen atoms in total. The molecule has 3 N–H and O–H groups in total. The van der Waals surface area contributed by atoms with Crippen LogP contribution in [-0.4, -0.2) is 65.6 Å². The summed E-state index contributed by atoms with van der Waals surface area (Å²) < 4.78 is 6.11. The number of aliphatic hydroxyl groups is 1. The molecule has 0 spiro atoms. The number of rotatable bonds is 6. The van der Waals surface area contributed by atoms with Gasteiger partial charge in [0.25, 0.3) is 0 Å². The van der Waals surface area contributed by atoms with Crippen molar-refractivity contribution in [3.8, 4) is 17.0 Å². The summed E-state index contributed by atoms with van der Waals surface area (Å²) in [5.74, 6) is 2.51. The number of fused-ring (bicyclic) bond motifs is 3. The van der Waals surface area contributed by atoms with Gasteiger partial charge >= 0.3 is 0 Å². The molecule has 1 aromatic heterocycles. The highest BCUT2D eigenvalue weighted by atomic mass is 32.1. The Kier molecular flexibility index (Phi) is 8.03. The molecule has 0 amide bonds. The number of ether oxygens (including phenoxy) is 1. The molecular formula is C24H35N5O2S. The van der Waals surface area contributed by atoms with Crippen molar-refractivity contribution >= 4 is 23.0 Å². The third-order valence-electron chi connectivity index (χ3n) is 5.46. The molecule has 2 aliphatic heterocycles. The van der Waals surface area contributed by atoms with Crippen LogP contribution < -0.4 is 10.5 Å². The second-order valence-electron chi connectivity index (χ2n) is 8.48. The summed E-state index contributed by atoms with van der Waals surface area (Å²) in [5.41, 5.74) is 9.15. The summed E-state index contributed by atoms with van der Waals surface area (Å²) in [4.78, 5) is 17.6. The Bertz CT molecular complexity index is 988. The first kappa shape index (κ1) is 24.4. The van der Waals surface area contributed by atoms with Crippen molar-refractivity contribution in [3.05, 3.63) is 33.6 Å². The number of aromatic nitrogens is 1. The van der Waals surface area contributed by atoms with E-state index in [1.54, 1.807) is 18.3 Å². The maximum absolute atomic E-state index is 9.01. The van der Waals surface area contributed by atoms with Crippen molar-refractivity contribution in [3.63, 3.8) is 0 Å². The van der Waals surface area contributed by atoms with Gasteiger partial charge in [-0.3, -0.25) is 4.99 Å². The summed E-state index contributed by atoms with van der Waals surface area (Å²) in [6.45, 7) is 9.74. The summed E-state index contributed by atoms with van der Waals surface area (Å²) in [7, 11) is 0. The van der Waals surface area contributed by atoms with Crippen LogP contribution in [0.1, 0.15) is 56.0 Å². The normalized spacial score (nSPS) is 17.2. The van der Waals surface area contributed by atoms with Crippen molar-refractivity contribution in [2.24, 2.45) is 15.7 Å². The highest BCUT2D eigenvalue weighted by molar-refractivity contribution is 7.14. The second kappa shape index (κ2) is 10.6. The Hall–Kier alpha value is -2.29. The highest BCUT2D eigenvalue weighted by Crippen LogP contribution is 2.40. The smallest absolute Gasteiger partial charge is 0.186 e. The number of nitrogens with two attached hydrogens (primary N) is 1. The van der Waals surface area contributed by atoms with Crippen LogP contribution in [0.5, 0.6) is 5.75 Å². The standard InChI is InChI=1S/C23H31N5O2S.CH4/c1-14(2)25-22(26-15(3)24)23-27-21-18-6-5-16(17-12-28(13-17)8-4-9-29)11-19(18)30-10-7-20(21)31-23;/h5-6,11,14,17,29H,4,7-10,12-13H2,1-3H3,(H2,24,25,26);1H4. The predicted molar refractivity (Wildman–Crippen MR) is 133 cm³/mol. The molecule has 174 valence electrons. The summed E-state index contributed by atoms with van der Waals surface area (Å²) in [5, 5.41) is 9.81.